The Morgan fingerprint density at radius 3 is 2.45 bits per heavy atom. The first-order valence-electron chi connectivity index (χ1n) is 10.1. The average Bonchev–Trinajstić information content (AvgIpc) is 2.83. The highest BCUT2D eigenvalue weighted by Gasteiger charge is 2.14. The van der Waals surface area contributed by atoms with E-state index in [1.807, 2.05) is 60.7 Å². The molecule has 4 nitrogen and oxygen atoms in total. The molecule has 0 aliphatic carbocycles. The topological polar surface area (TPSA) is 55.2 Å². The molecule has 0 radical (unpaired) electrons. The lowest BCUT2D eigenvalue weighted by atomic mass is 10.0. The summed E-state index contributed by atoms with van der Waals surface area (Å²) in [6, 6.07) is 29.6. The van der Waals surface area contributed by atoms with Crippen molar-refractivity contribution >= 4 is 10.8 Å². The van der Waals surface area contributed by atoms with Gasteiger partial charge >= 0.3 is 0 Å². The number of benzene rings is 4. The second-order valence-electron chi connectivity index (χ2n) is 7.26. The molecule has 0 saturated heterocycles. The molecule has 0 amide bonds. The van der Waals surface area contributed by atoms with Gasteiger partial charge in [-0.2, -0.15) is 0 Å². The number of nitrogens with zero attached hydrogens (tertiary/aromatic N) is 2. The van der Waals surface area contributed by atoms with Gasteiger partial charge in [0.2, 0.25) is 0 Å². The Labute approximate surface area is 180 Å². The van der Waals surface area contributed by atoms with Crippen LogP contribution in [0.3, 0.4) is 0 Å². The summed E-state index contributed by atoms with van der Waals surface area (Å²) in [5.41, 5.74) is 4.28. The highest BCUT2D eigenvalue weighted by Crippen LogP contribution is 2.36. The Balaban J connectivity index is 1.43. The first-order valence-corrected chi connectivity index (χ1v) is 10.1. The lowest BCUT2D eigenvalue weighted by molar-refractivity contribution is 0.306. The van der Waals surface area contributed by atoms with Crippen LogP contribution in [0.4, 0.5) is 0 Å². The molecule has 0 spiro atoms. The van der Waals surface area contributed by atoms with Gasteiger partial charge in [-0.25, -0.2) is 9.97 Å². The zero-order valence-electron chi connectivity index (χ0n) is 16.8. The number of phenols is 1. The van der Waals surface area contributed by atoms with E-state index < -0.39 is 0 Å². The van der Waals surface area contributed by atoms with Crippen LogP contribution in [0.15, 0.2) is 104 Å². The van der Waals surface area contributed by atoms with E-state index in [0.29, 0.717) is 23.6 Å². The molecule has 5 rings (SSSR count). The SMILES string of the molecule is Oc1cc(OCc2cccc3ccccc23)ccc1-c1ncncc1-c1ccccc1. The molecule has 0 saturated carbocycles. The summed E-state index contributed by atoms with van der Waals surface area (Å²) in [7, 11) is 0. The number of hydrogen-bond acceptors (Lipinski definition) is 4. The molecule has 0 atom stereocenters. The van der Waals surface area contributed by atoms with Gasteiger partial charge in [0.15, 0.2) is 0 Å². The van der Waals surface area contributed by atoms with E-state index in [1.165, 1.54) is 17.1 Å². The van der Waals surface area contributed by atoms with E-state index in [-0.39, 0.29) is 5.75 Å². The minimum atomic E-state index is 0.117. The molecule has 1 aromatic heterocycles. The summed E-state index contributed by atoms with van der Waals surface area (Å²) in [6.45, 7) is 0.420. The van der Waals surface area contributed by atoms with Crippen molar-refractivity contribution in [3.63, 3.8) is 0 Å². The molecule has 1 N–H and O–H groups in total. The Morgan fingerprint density at radius 2 is 1.58 bits per heavy atom. The number of fused-ring (bicyclic) bond motifs is 1. The van der Waals surface area contributed by atoms with Crippen molar-refractivity contribution in [2.45, 2.75) is 6.61 Å². The third-order valence-corrected chi connectivity index (χ3v) is 5.30. The Hall–Kier alpha value is -4.18. The monoisotopic (exact) mass is 404 g/mol. The highest BCUT2D eigenvalue weighted by molar-refractivity contribution is 5.85. The maximum Gasteiger partial charge on any atom is 0.128 e. The standard InChI is InChI=1S/C27H20N2O2/c30-26-15-22(31-17-21-11-6-10-19-9-4-5-12-23(19)21)13-14-24(26)27-25(16-28-18-29-27)20-7-2-1-3-8-20/h1-16,18,30H,17H2. The van der Waals surface area contributed by atoms with Crippen molar-refractivity contribution in [3.8, 4) is 33.9 Å². The molecule has 4 heteroatoms. The number of aromatic hydroxyl groups is 1. The van der Waals surface area contributed by atoms with Gasteiger partial charge in [0.05, 0.1) is 5.69 Å². The number of aromatic nitrogens is 2. The minimum Gasteiger partial charge on any atom is -0.507 e. The van der Waals surface area contributed by atoms with E-state index in [4.69, 9.17) is 4.74 Å². The predicted octanol–water partition coefficient (Wildman–Crippen LogP) is 6.25. The van der Waals surface area contributed by atoms with Crippen molar-refractivity contribution < 1.29 is 9.84 Å². The van der Waals surface area contributed by atoms with E-state index in [0.717, 1.165) is 16.7 Å². The summed E-state index contributed by atoms with van der Waals surface area (Å²) in [5.74, 6) is 0.718. The van der Waals surface area contributed by atoms with E-state index in [2.05, 4.69) is 34.2 Å². The first-order chi connectivity index (χ1) is 15.3. The van der Waals surface area contributed by atoms with Gasteiger partial charge in [0.1, 0.15) is 24.4 Å². The van der Waals surface area contributed by atoms with Gasteiger partial charge < -0.3 is 9.84 Å². The molecular weight excluding hydrogens is 384 g/mol. The van der Waals surface area contributed by atoms with Crippen LogP contribution in [0.25, 0.3) is 33.2 Å². The van der Waals surface area contributed by atoms with Crippen LogP contribution in [-0.4, -0.2) is 15.1 Å². The van der Waals surface area contributed by atoms with Crippen LogP contribution in [0.1, 0.15) is 5.56 Å². The van der Waals surface area contributed by atoms with Crippen molar-refractivity contribution in [1.29, 1.82) is 0 Å². The summed E-state index contributed by atoms with van der Waals surface area (Å²) < 4.78 is 5.99. The average molecular weight is 404 g/mol. The molecule has 150 valence electrons. The summed E-state index contributed by atoms with van der Waals surface area (Å²) in [6.07, 6.45) is 3.26. The van der Waals surface area contributed by atoms with Gasteiger partial charge in [-0.1, -0.05) is 72.8 Å². The third-order valence-electron chi connectivity index (χ3n) is 5.30. The van der Waals surface area contributed by atoms with Gasteiger partial charge in [0, 0.05) is 23.4 Å². The number of hydrogen-bond donors (Lipinski definition) is 1. The van der Waals surface area contributed by atoms with E-state index >= 15 is 0 Å². The molecular formula is C27H20N2O2. The smallest absolute Gasteiger partial charge is 0.128 e. The zero-order chi connectivity index (χ0) is 21.0. The van der Waals surface area contributed by atoms with Crippen LogP contribution < -0.4 is 4.74 Å². The van der Waals surface area contributed by atoms with Gasteiger partial charge in [-0.05, 0) is 34.0 Å². The molecule has 31 heavy (non-hydrogen) atoms. The fourth-order valence-electron chi connectivity index (χ4n) is 3.75. The maximum absolute atomic E-state index is 10.7. The van der Waals surface area contributed by atoms with Gasteiger partial charge in [-0.3, -0.25) is 0 Å². The second-order valence-corrected chi connectivity index (χ2v) is 7.26. The molecule has 0 fully saturated rings. The fraction of sp³-hybridized carbons (Fsp3) is 0.0370. The molecule has 0 aliphatic heterocycles. The normalized spacial score (nSPS) is 10.8. The van der Waals surface area contributed by atoms with Crippen LogP contribution in [-0.2, 0) is 6.61 Å². The van der Waals surface area contributed by atoms with Crippen molar-refractivity contribution in [3.05, 3.63) is 109 Å². The number of phenolic OH excluding ortho intramolecular Hbond substituents is 1. The Bertz CT molecular complexity index is 1340. The van der Waals surface area contributed by atoms with Crippen molar-refractivity contribution in [2.24, 2.45) is 0 Å². The van der Waals surface area contributed by atoms with Gasteiger partial charge in [-0.15, -0.1) is 0 Å². The molecule has 1 heterocycles. The maximum atomic E-state index is 10.7. The molecule has 0 unspecified atom stereocenters. The molecule has 0 aliphatic rings. The van der Waals surface area contributed by atoms with E-state index in [1.54, 1.807) is 12.3 Å². The van der Waals surface area contributed by atoms with E-state index in [9.17, 15) is 5.11 Å². The third kappa shape index (κ3) is 3.83. The molecule has 5 aromatic rings. The largest absolute Gasteiger partial charge is 0.507 e. The quantitative estimate of drug-likeness (QED) is 0.376. The first kappa shape index (κ1) is 18.8. The van der Waals surface area contributed by atoms with Crippen LogP contribution in [0.2, 0.25) is 0 Å². The Kier molecular flexibility index (Phi) is 5.03. The van der Waals surface area contributed by atoms with Crippen molar-refractivity contribution in [2.75, 3.05) is 0 Å². The lowest BCUT2D eigenvalue weighted by Gasteiger charge is -2.12. The summed E-state index contributed by atoms with van der Waals surface area (Å²) >= 11 is 0. The van der Waals surface area contributed by atoms with Crippen LogP contribution in [0.5, 0.6) is 11.5 Å². The molecule has 0 bridgehead atoms. The minimum absolute atomic E-state index is 0.117. The molecule has 4 aromatic carbocycles. The van der Waals surface area contributed by atoms with Crippen molar-refractivity contribution in [1.82, 2.24) is 9.97 Å². The fourth-order valence-corrected chi connectivity index (χ4v) is 3.75. The summed E-state index contributed by atoms with van der Waals surface area (Å²) in [4.78, 5) is 8.60. The number of rotatable bonds is 5. The lowest BCUT2D eigenvalue weighted by Crippen LogP contribution is -1.97. The second kappa shape index (κ2) is 8.28. The number of ether oxygens (including phenoxy) is 1. The van der Waals surface area contributed by atoms with Crippen LogP contribution in [0, 0.1) is 0 Å². The predicted molar refractivity (Wildman–Crippen MR) is 123 cm³/mol. The summed E-state index contributed by atoms with van der Waals surface area (Å²) in [5, 5.41) is 13.1. The zero-order valence-corrected chi connectivity index (χ0v) is 16.8. The van der Waals surface area contributed by atoms with Crippen LogP contribution >= 0.6 is 0 Å². The van der Waals surface area contributed by atoms with Gasteiger partial charge in [0.25, 0.3) is 0 Å². The Morgan fingerprint density at radius 1 is 0.774 bits per heavy atom. The highest BCUT2D eigenvalue weighted by atomic mass is 16.5.